The van der Waals surface area contributed by atoms with Crippen molar-refractivity contribution in [3.63, 3.8) is 0 Å². The number of piperidine rings is 1. The van der Waals surface area contributed by atoms with E-state index < -0.39 is 0 Å². The molecule has 0 saturated carbocycles. The van der Waals surface area contributed by atoms with Gasteiger partial charge in [0.15, 0.2) is 0 Å². The van der Waals surface area contributed by atoms with Crippen molar-refractivity contribution in [1.29, 1.82) is 0 Å². The maximum atomic E-state index is 11.4. The van der Waals surface area contributed by atoms with Crippen molar-refractivity contribution in [3.05, 3.63) is 0 Å². The number of nitrogens with zero attached hydrogens (tertiary/aromatic N) is 1. The number of rotatable bonds is 5. The van der Waals surface area contributed by atoms with Crippen LogP contribution < -0.4 is 0 Å². The van der Waals surface area contributed by atoms with Crippen LogP contribution in [-0.4, -0.2) is 37.6 Å². The highest BCUT2D eigenvalue weighted by molar-refractivity contribution is 5.72. The summed E-state index contributed by atoms with van der Waals surface area (Å²) < 4.78 is 4.77. The van der Waals surface area contributed by atoms with Gasteiger partial charge in [0, 0.05) is 6.54 Å². The normalized spacial score (nSPS) is 22.1. The first-order valence-electron chi connectivity index (χ1n) is 6.87. The summed E-state index contributed by atoms with van der Waals surface area (Å²) >= 11 is 0. The molecule has 0 N–H and O–H groups in total. The van der Waals surface area contributed by atoms with Crippen molar-refractivity contribution in [2.45, 2.75) is 46.5 Å². The van der Waals surface area contributed by atoms with E-state index >= 15 is 0 Å². The third-order valence-corrected chi connectivity index (χ3v) is 4.55. The van der Waals surface area contributed by atoms with E-state index in [1.165, 1.54) is 32.8 Å². The number of likely N-dealkylation sites (tertiary alicyclic amines) is 1. The van der Waals surface area contributed by atoms with Crippen LogP contribution in [0.25, 0.3) is 0 Å². The monoisotopic (exact) mass is 241 g/mol. The lowest BCUT2D eigenvalue weighted by atomic mass is 9.74. The van der Waals surface area contributed by atoms with Crippen LogP contribution in [0.15, 0.2) is 0 Å². The van der Waals surface area contributed by atoms with Gasteiger partial charge in [0.25, 0.3) is 0 Å². The number of carbonyl (C=O) groups excluding carboxylic acids is 1. The molecule has 0 aromatic heterocycles. The Morgan fingerprint density at radius 2 is 1.82 bits per heavy atom. The van der Waals surface area contributed by atoms with E-state index in [4.69, 9.17) is 4.74 Å². The van der Waals surface area contributed by atoms with Crippen LogP contribution in [0.2, 0.25) is 0 Å². The lowest BCUT2D eigenvalue weighted by molar-refractivity contribution is -0.145. The molecule has 3 nitrogen and oxygen atoms in total. The minimum Gasteiger partial charge on any atom is -0.469 e. The van der Waals surface area contributed by atoms with E-state index in [0.717, 1.165) is 19.6 Å². The summed E-state index contributed by atoms with van der Waals surface area (Å²) in [7, 11) is 1.47. The van der Waals surface area contributed by atoms with E-state index in [1.807, 2.05) is 6.92 Å². The first-order chi connectivity index (χ1) is 8.06. The molecule has 17 heavy (non-hydrogen) atoms. The Hall–Kier alpha value is -0.570. The van der Waals surface area contributed by atoms with Crippen LogP contribution in [0.4, 0.5) is 0 Å². The van der Waals surface area contributed by atoms with Crippen molar-refractivity contribution >= 4 is 5.97 Å². The summed E-state index contributed by atoms with van der Waals surface area (Å²) in [6.45, 7) is 9.65. The molecule has 0 bridgehead atoms. The molecule has 3 heteroatoms. The van der Waals surface area contributed by atoms with Crippen LogP contribution in [0.5, 0.6) is 0 Å². The third-order valence-electron chi connectivity index (χ3n) is 4.55. The van der Waals surface area contributed by atoms with Gasteiger partial charge in [0.2, 0.25) is 0 Å². The van der Waals surface area contributed by atoms with Crippen LogP contribution in [-0.2, 0) is 9.53 Å². The molecule has 0 radical (unpaired) electrons. The Morgan fingerprint density at radius 3 is 2.24 bits per heavy atom. The number of hydrogen-bond acceptors (Lipinski definition) is 3. The van der Waals surface area contributed by atoms with Gasteiger partial charge >= 0.3 is 5.97 Å². The van der Waals surface area contributed by atoms with Crippen molar-refractivity contribution in [2.24, 2.45) is 11.3 Å². The number of ether oxygens (including phenoxy) is 1. The molecule has 0 spiro atoms. The van der Waals surface area contributed by atoms with E-state index in [0.29, 0.717) is 5.41 Å². The van der Waals surface area contributed by atoms with E-state index in [9.17, 15) is 4.79 Å². The van der Waals surface area contributed by atoms with E-state index in [1.54, 1.807) is 0 Å². The van der Waals surface area contributed by atoms with Gasteiger partial charge in [-0.3, -0.25) is 4.79 Å². The van der Waals surface area contributed by atoms with Crippen LogP contribution in [0.1, 0.15) is 46.5 Å². The second-order valence-electron chi connectivity index (χ2n) is 5.43. The Morgan fingerprint density at radius 1 is 1.29 bits per heavy atom. The summed E-state index contributed by atoms with van der Waals surface area (Å²) in [5.41, 5.74) is 0.561. The van der Waals surface area contributed by atoms with Crippen molar-refractivity contribution in [3.8, 4) is 0 Å². The molecule has 1 fully saturated rings. The van der Waals surface area contributed by atoms with Gasteiger partial charge in [-0.2, -0.15) is 0 Å². The Balaban J connectivity index is 2.39. The van der Waals surface area contributed by atoms with Crippen LogP contribution in [0.3, 0.4) is 0 Å². The fraction of sp³-hybridized carbons (Fsp3) is 0.929. The van der Waals surface area contributed by atoms with Crippen molar-refractivity contribution < 1.29 is 9.53 Å². The molecule has 1 aliphatic rings. The van der Waals surface area contributed by atoms with Crippen molar-refractivity contribution in [1.82, 2.24) is 4.90 Å². The largest absolute Gasteiger partial charge is 0.469 e. The Labute approximate surface area is 106 Å². The predicted molar refractivity (Wildman–Crippen MR) is 69.9 cm³/mol. The van der Waals surface area contributed by atoms with Gasteiger partial charge in [-0.25, -0.2) is 0 Å². The molecular weight excluding hydrogens is 214 g/mol. The summed E-state index contributed by atoms with van der Waals surface area (Å²) in [4.78, 5) is 13.8. The summed E-state index contributed by atoms with van der Waals surface area (Å²) in [6, 6.07) is 0. The van der Waals surface area contributed by atoms with Gasteiger partial charge in [-0.15, -0.1) is 0 Å². The molecule has 1 heterocycles. The van der Waals surface area contributed by atoms with Crippen LogP contribution >= 0.6 is 0 Å². The van der Waals surface area contributed by atoms with Crippen LogP contribution in [0, 0.1) is 11.3 Å². The van der Waals surface area contributed by atoms with Gasteiger partial charge in [0.1, 0.15) is 0 Å². The minimum atomic E-state index is -0.0900. The molecule has 0 aromatic rings. The highest BCUT2D eigenvalue weighted by atomic mass is 16.5. The van der Waals surface area contributed by atoms with Gasteiger partial charge < -0.3 is 9.64 Å². The quantitative estimate of drug-likeness (QED) is 0.693. The Kier molecular flexibility index (Phi) is 5.44. The average molecular weight is 241 g/mol. The maximum absolute atomic E-state index is 11.4. The zero-order valence-corrected chi connectivity index (χ0v) is 11.8. The standard InChI is InChI=1S/C14H27NO2/c1-5-14(6-2)7-9-15(10-8-14)11-12(3)13(16)17-4/h12H,5-11H2,1-4H3. The predicted octanol–water partition coefficient (Wildman–Crippen LogP) is 2.70. The minimum absolute atomic E-state index is 0.00393. The molecule has 1 rings (SSSR count). The van der Waals surface area contributed by atoms with Gasteiger partial charge in [-0.1, -0.05) is 33.6 Å². The zero-order valence-electron chi connectivity index (χ0n) is 11.8. The summed E-state index contributed by atoms with van der Waals surface area (Å²) in [5.74, 6) is -0.0939. The molecule has 100 valence electrons. The highest BCUT2D eigenvalue weighted by Gasteiger charge is 2.32. The molecule has 0 aliphatic carbocycles. The SMILES string of the molecule is CCC1(CC)CCN(CC(C)C(=O)OC)CC1. The average Bonchev–Trinajstić information content (AvgIpc) is 2.39. The number of hydrogen-bond donors (Lipinski definition) is 0. The fourth-order valence-electron chi connectivity index (χ4n) is 2.83. The zero-order chi connectivity index (χ0) is 12.9. The van der Waals surface area contributed by atoms with Crippen molar-refractivity contribution in [2.75, 3.05) is 26.7 Å². The first kappa shape index (κ1) is 14.5. The molecular formula is C14H27NO2. The van der Waals surface area contributed by atoms with Gasteiger partial charge in [-0.05, 0) is 31.3 Å². The number of carbonyl (C=O) groups is 1. The lowest BCUT2D eigenvalue weighted by Gasteiger charge is -2.41. The topological polar surface area (TPSA) is 29.5 Å². The summed E-state index contributed by atoms with van der Waals surface area (Å²) in [5, 5.41) is 0. The fourth-order valence-corrected chi connectivity index (χ4v) is 2.83. The molecule has 1 aliphatic heterocycles. The third kappa shape index (κ3) is 3.70. The molecule has 1 saturated heterocycles. The lowest BCUT2D eigenvalue weighted by Crippen LogP contribution is -2.42. The molecule has 1 unspecified atom stereocenters. The molecule has 1 atom stereocenters. The second-order valence-corrected chi connectivity index (χ2v) is 5.43. The smallest absolute Gasteiger partial charge is 0.309 e. The number of esters is 1. The van der Waals surface area contributed by atoms with E-state index in [-0.39, 0.29) is 11.9 Å². The van der Waals surface area contributed by atoms with Gasteiger partial charge in [0.05, 0.1) is 13.0 Å². The Bertz CT molecular complexity index is 239. The molecule has 0 aromatic carbocycles. The maximum Gasteiger partial charge on any atom is 0.309 e. The van der Waals surface area contributed by atoms with E-state index in [2.05, 4.69) is 18.7 Å². The summed E-state index contributed by atoms with van der Waals surface area (Å²) in [6.07, 6.45) is 5.11. The molecule has 0 amide bonds. The first-order valence-corrected chi connectivity index (χ1v) is 6.87. The highest BCUT2D eigenvalue weighted by Crippen LogP contribution is 2.37. The second kappa shape index (κ2) is 6.39. The number of methoxy groups -OCH3 is 1.